The molecule has 0 amide bonds. The van der Waals surface area contributed by atoms with Crippen molar-refractivity contribution in [3.05, 3.63) is 24.3 Å². The normalized spacial score (nSPS) is 11.2. The monoisotopic (exact) mass is 168 g/mol. The van der Waals surface area contributed by atoms with E-state index in [0.717, 1.165) is 12.8 Å². The first kappa shape index (κ1) is 11.0. The van der Waals surface area contributed by atoms with Crippen molar-refractivity contribution in [1.82, 2.24) is 0 Å². The summed E-state index contributed by atoms with van der Waals surface area (Å²) < 4.78 is 4.69. The summed E-state index contributed by atoms with van der Waals surface area (Å²) >= 11 is 0. The highest BCUT2D eigenvalue weighted by molar-refractivity contribution is 5.82. The Hall–Kier alpha value is -1.05. The second-order valence-electron chi connectivity index (χ2n) is 2.33. The van der Waals surface area contributed by atoms with Crippen LogP contribution in [-0.2, 0) is 9.53 Å². The van der Waals surface area contributed by atoms with Crippen LogP contribution in [0.15, 0.2) is 24.3 Å². The van der Waals surface area contributed by atoms with E-state index in [0.29, 0.717) is 6.61 Å². The molecule has 0 aliphatic carbocycles. The molecule has 0 unspecified atom stereocenters. The van der Waals surface area contributed by atoms with Crippen molar-refractivity contribution in [3.8, 4) is 0 Å². The smallest absolute Gasteiger partial charge is 0.330 e. The Kier molecular flexibility index (Phi) is 7.35. The maximum Gasteiger partial charge on any atom is 0.330 e. The van der Waals surface area contributed by atoms with Crippen LogP contribution >= 0.6 is 0 Å². The highest BCUT2D eigenvalue weighted by Gasteiger charge is 1.89. The number of unbranched alkanes of at least 4 members (excludes halogenated alkanes) is 1. The molecule has 0 aliphatic rings. The molecule has 0 aromatic carbocycles. The van der Waals surface area contributed by atoms with Gasteiger partial charge in [0.2, 0.25) is 0 Å². The molecule has 0 heterocycles. The zero-order valence-corrected chi connectivity index (χ0v) is 7.75. The van der Waals surface area contributed by atoms with E-state index in [2.05, 4.69) is 11.7 Å². The maximum absolute atomic E-state index is 10.7. The van der Waals surface area contributed by atoms with Gasteiger partial charge in [-0.25, -0.2) is 4.79 Å². The van der Waals surface area contributed by atoms with E-state index < -0.39 is 0 Å². The van der Waals surface area contributed by atoms with Crippen LogP contribution < -0.4 is 0 Å². The van der Waals surface area contributed by atoms with E-state index in [4.69, 9.17) is 0 Å². The highest BCUT2D eigenvalue weighted by Crippen LogP contribution is 1.89. The average molecular weight is 168 g/mol. The van der Waals surface area contributed by atoms with Crippen molar-refractivity contribution < 1.29 is 9.53 Å². The molecule has 0 radical (unpaired) electrons. The fraction of sp³-hybridized carbons (Fsp3) is 0.500. The number of esters is 1. The molecule has 0 aliphatic heterocycles. The molecule has 0 spiro atoms. The second-order valence-corrected chi connectivity index (χ2v) is 2.33. The standard InChI is InChI=1S/C10H16O2/c1-3-5-6-7-8-9-10(11)12-4-2/h6-9H,3-5H2,1-2H3/b7-6+,9-8+. The predicted octanol–water partition coefficient (Wildman–Crippen LogP) is 2.46. The van der Waals surface area contributed by atoms with Crippen molar-refractivity contribution in [1.29, 1.82) is 0 Å². The number of ether oxygens (including phenoxy) is 1. The molecule has 12 heavy (non-hydrogen) atoms. The largest absolute Gasteiger partial charge is 0.463 e. The molecule has 0 atom stereocenters. The molecule has 0 rings (SSSR count). The van der Waals surface area contributed by atoms with Crippen LogP contribution in [0.3, 0.4) is 0 Å². The van der Waals surface area contributed by atoms with Crippen molar-refractivity contribution in [2.45, 2.75) is 26.7 Å². The summed E-state index contributed by atoms with van der Waals surface area (Å²) in [5.74, 6) is -0.279. The topological polar surface area (TPSA) is 26.3 Å². The lowest BCUT2D eigenvalue weighted by Crippen LogP contribution is -1.98. The Morgan fingerprint density at radius 3 is 2.67 bits per heavy atom. The third kappa shape index (κ3) is 7.06. The van der Waals surface area contributed by atoms with Crippen LogP contribution in [0, 0.1) is 0 Å². The number of rotatable bonds is 5. The van der Waals surface area contributed by atoms with Gasteiger partial charge < -0.3 is 4.74 Å². The number of carbonyl (C=O) groups is 1. The minimum Gasteiger partial charge on any atom is -0.463 e. The van der Waals surface area contributed by atoms with E-state index >= 15 is 0 Å². The highest BCUT2D eigenvalue weighted by atomic mass is 16.5. The van der Waals surface area contributed by atoms with Gasteiger partial charge in [-0.1, -0.05) is 31.6 Å². The summed E-state index contributed by atoms with van der Waals surface area (Å²) in [4.78, 5) is 10.7. The van der Waals surface area contributed by atoms with E-state index in [1.807, 2.05) is 12.2 Å². The van der Waals surface area contributed by atoms with Crippen molar-refractivity contribution in [3.63, 3.8) is 0 Å². The Morgan fingerprint density at radius 2 is 2.08 bits per heavy atom. The quantitative estimate of drug-likeness (QED) is 0.358. The summed E-state index contributed by atoms with van der Waals surface area (Å²) in [5.41, 5.74) is 0. The molecule has 68 valence electrons. The van der Waals surface area contributed by atoms with Crippen LogP contribution in [-0.4, -0.2) is 12.6 Å². The van der Waals surface area contributed by atoms with Gasteiger partial charge in [0.25, 0.3) is 0 Å². The third-order valence-electron chi connectivity index (χ3n) is 1.22. The van der Waals surface area contributed by atoms with Gasteiger partial charge in [-0.2, -0.15) is 0 Å². The fourth-order valence-electron chi connectivity index (χ4n) is 0.666. The molecule has 0 bridgehead atoms. The van der Waals surface area contributed by atoms with Gasteiger partial charge in [-0.3, -0.25) is 0 Å². The van der Waals surface area contributed by atoms with Crippen LogP contribution in [0.5, 0.6) is 0 Å². The first-order valence-electron chi connectivity index (χ1n) is 4.31. The fourth-order valence-corrected chi connectivity index (χ4v) is 0.666. The van der Waals surface area contributed by atoms with Gasteiger partial charge in [-0.15, -0.1) is 0 Å². The zero-order chi connectivity index (χ0) is 9.23. The average Bonchev–Trinajstić information content (AvgIpc) is 2.05. The molecular formula is C10H16O2. The lowest BCUT2D eigenvalue weighted by molar-refractivity contribution is -0.137. The van der Waals surface area contributed by atoms with E-state index in [1.165, 1.54) is 6.08 Å². The SMILES string of the molecule is CCC/C=C/C=C/C(=O)OCC. The third-order valence-corrected chi connectivity index (χ3v) is 1.22. The number of hydrogen-bond donors (Lipinski definition) is 0. The molecule has 0 saturated carbocycles. The molecule has 0 aromatic rings. The molecule has 0 N–H and O–H groups in total. The lowest BCUT2D eigenvalue weighted by Gasteiger charge is -1.92. The molecular weight excluding hydrogens is 152 g/mol. The van der Waals surface area contributed by atoms with Gasteiger partial charge in [0.15, 0.2) is 0 Å². The van der Waals surface area contributed by atoms with Crippen LogP contribution in [0.4, 0.5) is 0 Å². The van der Waals surface area contributed by atoms with Gasteiger partial charge >= 0.3 is 5.97 Å². The van der Waals surface area contributed by atoms with Gasteiger partial charge in [0.1, 0.15) is 0 Å². The molecule has 2 nitrogen and oxygen atoms in total. The maximum atomic E-state index is 10.7. The number of hydrogen-bond acceptors (Lipinski definition) is 2. The van der Waals surface area contributed by atoms with Crippen LogP contribution in [0.1, 0.15) is 26.7 Å². The Labute approximate surface area is 73.9 Å². The lowest BCUT2D eigenvalue weighted by atomic mass is 10.3. The van der Waals surface area contributed by atoms with Gasteiger partial charge in [-0.05, 0) is 13.3 Å². The molecule has 0 fully saturated rings. The van der Waals surface area contributed by atoms with Crippen molar-refractivity contribution >= 4 is 5.97 Å². The van der Waals surface area contributed by atoms with Crippen molar-refractivity contribution in [2.24, 2.45) is 0 Å². The summed E-state index contributed by atoms with van der Waals surface area (Å²) in [6.45, 7) is 4.33. The Balaban J connectivity index is 3.53. The molecule has 0 saturated heterocycles. The van der Waals surface area contributed by atoms with E-state index in [-0.39, 0.29) is 5.97 Å². The summed E-state index contributed by atoms with van der Waals surface area (Å²) in [6, 6.07) is 0. The second kappa shape index (κ2) is 8.05. The van der Waals surface area contributed by atoms with Crippen LogP contribution in [0.2, 0.25) is 0 Å². The molecule has 2 heteroatoms. The summed E-state index contributed by atoms with van der Waals surface area (Å²) in [6.07, 6.45) is 9.19. The van der Waals surface area contributed by atoms with Gasteiger partial charge in [0.05, 0.1) is 6.61 Å². The first-order valence-corrected chi connectivity index (χ1v) is 4.31. The zero-order valence-electron chi connectivity index (χ0n) is 7.75. The minimum atomic E-state index is -0.279. The van der Waals surface area contributed by atoms with Crippen molar-refractivity contribution in [2.75, 3.05) is 6.61 Å². The summed E-state index contributed by atoms with van der Waals surface area (Å²) in [7, 11) is 0. The van der Waals surface area contributed by atoms with Gasteiger partial charge in [0, 0.05) is 6.08 Å². The number of allylic oxidation sites excluding steroid dienone is 3. The molecule has 0 aromatic heterocycles. The Morgan fingerprint density at radius 1 is 1.33 bits per heavy atom. The minimum absolute atomic E-state index is 0.279. The number of carbonyl (C=O) groups excluding carboxylic acids is 1. The predicted molar refractivity (Wildman–Crippen MR) is 49.8 cm³/mol. The van der Waals surface area contributed by atoms with Crippen LogP contribution in [0.25, 0.3) is 0 Å². The van der Waals surface area contributed by atoms with E-state index in [1.54, 1.807) is 13.0 Å². The van der Waals surface area contributed by atoms with E-state index in [9.17, 15) is 4.79 Å². The summed E-state index contributed by atoms with van der Waals surface area (Å²) in [5, 5.41) is 0. The first-order chi connectivity index (χ1) is 5.81. The Bertz CT molecular complexity index is 169.